The van der Waals surface area contributed by atoms with Crippen LogP contribution in [0.25, 0.3) is 0 Å². The summed E-state index contributed by atoms with van der Waals surface area (Å²) in [6, 6.07) is 0. The first-order chi connectivity index (χ1) is 15.4. The molecule has 4 saturated carbocycles. The molecule has 190 valence electrons. The molecule has 5 aliphatic rings. The molecule has 1 spiro atoms. The number of ether oxygens (including phenoxy) is 2. The Balaban J connectivity index is 1.36. The van der Waals surface area contributed by atoms with Gasteiger partial charge in [-0.1, -0.05) is 20.8 Å². The number of hydrogen-bond acceptors (Lipinski definition) is 7. The van der Waals surface area contributed by atoms with Gasteiger partial charge in [-0.2, -0.15) is 0 Å². The van der Waals surface area contributed by atoms with Gasteiger partial charge < -0.3 is 35.0 Å². The van der Waals surface area contributed by atoms with Crippen LogP contribution in [0.3, 0.4) is 0 Å². The predicted molar refractivity (Wildman–Crippen MR) is 121 cm³/mol. The Morgan fingerprint density at radius 1 is 0.879 bits per heavy atom. The lowest BCUT2D eigenvalue weighted by Gasteiger charge is -2.65. The van der Waals surface area contributed by atoms with E-state index in [-0.39, 0.29) is 22.3 Å². The second kappa shape index (κ2) is 7.86. The summed E-state index contributed by atoms with van der Waals surface area (Å²) in [5, 5.41) is 51.4. The Hall–Kier alpha value is -0.280. The molecule has 33 heavy (non-hydrogen) atoms. The third-order valence-corrected chi connectivity index (χ3v) is 11.1. The van der Waals surface area contributed by atoms with E-state index in [1.54, 1.807) is 0 Å². The van der Waals surface area contributed by atoms with Gasteiger partial charge in [0.15, 0.2) is 6.29 Å². The van der Waals surface area contributed by atoms with Crippen LogP contribution >= 0.6 is 0 Å². The molecular formula is C26H44O7. The number of hydrogen-bond donors (Lipinski definition) is 5. The van der Waals surface area contributed by atoms with Gasteiger partial charge in [-0.3, -0.25) is 0 Å². The van der Waals surface area contributed by atoms with Crippen molar-refractivity contribution < 1.29 is 35.0 Å². The summed E-state index contributed by atoms with van der Waals surface area (Å²) in [6.45, 7) is 8.60. The first-order valence-corrected chi connectivity index (χ1v) is 13.0. The number of aliphatic hydroxyl groups is 5. The Morgan fingerprint density at radius 3 is 2.30 bits per heavy atom. The largest absolute Gasteiger partial charge is 0.394 e. The van der Waals surface area contributed by atoms with Gasteiger partial charge in [0.2, 0.25) is 0 Å². The summed E-state index contributed by atoms with van der Waals surface area (Å²) < 4.78 is 12.0. The molecule has 0 radical (unpaired) electrons. The maximum absolute atomic E-state index is 11.1. The summed E-state index contributed by atoms with van der Waals surface area (Å²) in [6.07, 6.45) is 2.19. The lowest BCUT2D eigenvalue weighted by atomic mass is 9.41. The van der Waals surface area contributed by atoms with E-state index in [0.717, 1.165) is 44.9 Å². The van der Waals surface area contributed by atoms with Gasteiger partial charge in [0.1, 0.15) is 24.4 Å². The van der Waals surface area contributed by atoms with E-state index in [2.05, 4.69) is 27.7 Å². The topological polar surface area (TPSA) is 120 Å². The third kappa shape index (κ3) is 3.48. The van der Waals surface area contributed by atoms with Crippen LogP contribution < -0.4 is 0 Å². The van der Waals surface area contributed by atoms with Crippen LogP contribution in [-0.4, -0.2) is 74.6 Å². The molecule has 7 nitrogen and oxygen atoms in total. The molecule has 0 aromatic rings. The molecule has 12 atom stereocenters. The molecule has 0 amide bonds. The van der Waals surface area contributed by atoms with E-state index in [1.807, 2.05) is 0 Å². The molecule has 2 bridgehead atoms. The van der Waals surface area contributed by atoms with Crippen molar-refractivity contribution in [2.24, 2.45) is 34.0 Å². The van der Waals surface area contributed by atoms with Gasteiger partial charge in [0.25, 0.3) is 0 Å². The fourth-order valence-electron chi connectivity index (χ4n) is 9.58. The second-order valence-electron chi connectivity index (χ2n) is 13.2. The number of fused-ring (bicyclic) bond motifs is 3. The van der Waals surface area contributed by atoms with Crippen LogP contribution in [0.4, 0.5) is 0 Å². The van der Waals surface area contributed by atoms with Gasteiger partial charge in [0.05, 0.1) is 18.3 Å². The summed E-state index contributed by atoms with van der Waals surface area (Å²) in [4.78, 5) is 0. The lowest BCUT2D eigenvalue weighted by Crippen LogP contribution is -2.63. The van der Waals surface area contributed by atoms with Crippen molar-refractivity contribution in [1.29, 1.82) is 0 Å². The summed E-state index contributed by atoms with van der Waals surface area (Å²) in [7, 11) is 0. The van der Waals surface area contributed by atoms with E-state index < -0.39 is 42.9 Å². The van der Waals surface area contributed by atoms with Crippen molar-refractivity contribution in [2.75, 3.05) is 6.61 Å². The fraction of sp³-hybridized carbons (Fsp3) is 1.00. The first-order valence-electron chi connectivity index (χ1n) is 13.0. The normalized spacial score (nSPS) is 57.9. The highest BCUT2D eigenvalue weighted by atomic mass is 16.7. The SMILES string of the molecule is CC1(C)[C@@H](O[C@@H]2O[C@H](CO)[C@@H](O)[C@H](O)[C@H]2O)CC[C@]2(C)[C@@H]1CC[C@@]13C[C@H](CC[C@H]12)[C@](C)(O)C3. The van der Waals surface area contributed by atoms with Crippen molar-refractivity contribution in [3.05, 3.63) is 0 Å². The van der Waals surface area contributed by atoms with Gasteiger partial charge in [-0.05, 0) is 92.3 Å². The van der Waals surface area contributed by atoms with Crippen molar-refractivity contribution >= 4 is 0 Å². The lowest BCUT2D eigenvalue weighted by molar-refractivity contribution is -0.329. The van der Waals surface area contributed by atoms with E-state index in [1.165, 1.54) is 6.42 Å². The maximum Gasteiger partial charge on any atom is 0.186 e. The van der Waals surface area contributed by atoms with E-state index in [9.17, 15) is 25.5 Å². The molecule has 1 aliphatic heterocycles. The molecule has 0 unspecified atom stereocenters. The molecule has 0 aromatic heterocycles. The Morgan fingerprint density at radius 2 is 1.61 bits per heavy atom. The first kappa shape index (κ1) is 24.4. The minimum Gasteiger partial charge on any atom is -0.394 e. The van der Waals surface area contributed by atoms with E-state index in [4.69, 9.17) is 9.47 Å². The quantitative estimate of drug-likeness (QED) is 0.402. The zero-order chi connectivity index (χ0) is 24.0. The molecule has 5 N–H and O–H groups in total. The van der Waals surface area contributed by atoms with Gasteiger partial charge in [-0.15, -0.1) is 0 Å². The Kier molecular flexibility index (Phi) is 5.81. The molecule has 1 saturated heterocycles. The fourth-order valence-corrected chi connectivity index (χ4v) is 9.58. The zero-order valence-corrected chi connectivity index (χ0v) is 20.6. The maximum atomic E-state index is 11.1. The smallest absolute Gasteiger partial charge is 0.186 e. The molecule has 4 aliphatic carbocycles. The van der Waals surface area contributed by atoms with Crippen LogP contribution in [0.2, 0.25) is 0 Å². The van der Waals surface area contributed by atoms with Gasteiger partial charge in [-0.25, -0.2) is 0 Å². The van der Waals surface area contributed by atoms with Crippen LogP contribution in [0.15, 0.2) is 0 Å². The van der Waals surface area contributed by atoms with Crippen molar-refractivity contribution in [3.63, 3.8) is 0 Å². The van der Waals surface area contributed by atoms with Crippen LogP contribution in [0, 0.1) is 34.0 Å². The van der Waals surface area contributed by atoms with Gasteiger partial charge >= 0.3 is 0 Å². The second-order valence-corrected chi connectivity index (χ2v) is 13.2. The van der Waals surface area contributed by atoms with Crippen LogP contribution in [0.1, 0.15) is 79.1 Å². The highest BCUT2D eigenvalue weighted by molar-refractivity contribution is 5.16. The van der Waals surface area contributed by atoms with Crippen LogP contribution in [0.5, 0.6) is 0 Å². The average molecular weight is 469 g/mol. The van der Waals surface area contributed by atoms with E-state index in [0.29, 0.717) is 17.8 Å². The van der Waals surface area contributed by atoms with Crippen molar-refractivity contribution in [1.82, 2.24) is 0 Å². The molecule has 7 heteroatoms. The predicted octanol–water partition coefficient (Wildman–Crippen LogP) is 1.97. The van der Waals surface area contributed by atoms with Gasteiger partial charge in [0, 0.05) is 0 Å². The number of rotatable bonds is 3. The molecule has 5 rings (SSSR count). The molecule has 0 aromatic carbocycles. The highest BCUT2D eigenvalue weighted by Gasteiger charge is 2.67. The summed E-state index contributed by atoms with van der Waals surface area (Å²) in [5.74, 6) is 1.50. The molecule has 5 fully saturated rings. The molecular weight excluding hydrogens is 424 g/mol. The third-order valence-electron chi connectivity index (χ3n) is 11.1. The average Bonchev–Trinajstić information content (AvgIpc) is 2.93. The van der Waals surface area contributed by atoms with Crippen molar-refractivity contribution in [2.45, 2.75) is 121 Å². The standard InChI is InChI=1S/C26H44O7/c1-23(2)16-7-10-26-11-14(25(4,31)13-26)5-6-17(26)24(16,3)9-8-18(23)33-22-21(30)20(29)19(28)15(12-27)32-22/h14-22,27-31H,5-13H2,1-4H3/t14-,15+,16+,17-,18-,19+,20-,21+,22-,24+,25+,26-/m0/s1. The van der Waals surface area contributed by atoms with Crippen LogP contribution in [-0.2, 0) is 9.47 Å². The molecule has 1 heterocycles. The minimum atomic E-state index is -1.42. The monoisotopic (exact) mass is 468 g/mol. The number of aliphatic hydroxyl groups excluding tert-OH is 4. The Bertz CT molecular complexity index is 753. The van der Waals surface area contributed by atoms with E-state index >= 15 is 0 Å². The van der Waals surface area contributed by atoms with Crippen molar-refractivity contribution in [3.8, 4) is 0 Å². The summed E-state index contributed by atoms with van der Waals surface area (Å²) in [5.41, 5.74) is -0.247. The Labute approximate surface area is 197 Å². The zero-order valence-electron chi connectivity index (χ0n) is 20.6. The highest BCUT2D eigenvalue weighted by Crippen LogP contribution is 2.73. The summed E-state index contributed by atoms with van der Waals surface area (Å²) >= 11 is 0. The minimum absolute atomic E-state index is 0.158.